The number of hydrogen-bond acceptors (Lipinski definition) is 3. The van der Waals surface area contributed by atoms with E-state index in [-0.39, 0.29) is 12.5 Å². The van der Waals surface area contributed by atoms with Gasteiger partial charge in [0.1, 0.15) is 5.75 Å². The van der Waals surface area contributed by atoms with Gasteiger partial charge in [0.15, 0.2) is 12.6 Å². The molecule has 0 aromatic heterocycles. The molecule has 29 heavy (non-hydrogen) atoms. The van der Waals surface area contributed by atoms with Gasteiger partial charge < -0.3 is 20.7 Å². The van der Waals surface area contributed by atoms with Crippen LogP contribution in [0, 0.1) is 5.41 Å². The molecular weight excluding hydrogens is 364 g/mol. The average Bonchev–Trinajstić information content (AvgIpc) is 3.43. The maximum absolute atomic E-state index is 11.7. The Morgan fingerprint density at radius 1 is 1.17 bits per heavy atom. The fraction of sp³-hybridized carbons (Fsp3) is 0.652. The van der Waals surface area contributed by atoms with Crippen molar-refractivity contribution in [3.05, 3.63) is 29.8 Å². The molecule has 0 spiro atoms. The maximum atomic E-state index is 11.7. The number of nitrogens with one attached hydrogen (secondary N) is 3. The molecule has 2 aliphatic carbocycles. The van der Waals surface area contributed by atoms with Gasteiger partial charge in [-0.15, -0.1) is 0 Å². The molecule has 1 amide bonds. The Bertz CT molecular complexity index is 677. The van der Waals surface area contributed by atoms with Crippen LogP contribution < -0.4 is 20.7 Å². The predicted octanol–water partition coefficient (Wildman–Crippen LogP) is 3.02. The highest BCUT2D eigenvalue weighted by Crippen LogP contribution is 2.40. The number of nitrogens with zero attached hydrogens (tertiary/aromatic N) is 1. The SMILES string of the molecule is CCC1(CNC(=NC)NCCc2ccc(OCC(=O)NC3CC3)cc2)CCCC1. The Labute approximate surface area is 174 Å². The summed E-state index contributed by atoms with van der Waals surface area (Å²) >= 11 is 0. The normalized spacial score (nSPS) is 18.3. The third-order valence-electron chi connectivity index (χ3n) is 6.21. The molecule has 6 heteroatoms. The lowest BCUT2D eigenvalue weighted by atomic mass is 9.83. The van der Waals surface area contributed by atoms with E-state index in [2.05, 4.69) is 40.0 Å². The van der Waals surface area contributed by atoms with E-state index in [0.29, 0.717) is 11.5 Å². The van der Waals surface area contributed by atoms with Crippen LogP contribution in [0.4, 0.5) is 0 Å². The van der Waals surface area contributed by atoms with Gasteiger partial charge in [0.25, 0.3) is 5.91 Å². The van der Waals surface area contributed by atoms with Crippen molar-refractivity contribution in [3.8, 4) is 5.75 Å². The molecule has 1 aromatic rings. The first kappa shape index (κ1) is 21.5. The standard InChI is InChI=1S/C23H36N4O2/c1-3-23(13-4-5-14-23)17-26-22(24-2)25-15-12-18-6-10-20(11-7-18)29-16-21(28)27-19-8-9-19/h6-7,10-11,19H,3-5,8-9,12-17H2,1-2H3,(H,27,28)(H2,24,25,26). The summed E-state index contributed by atoms with van der Waals surface area (Å²) in [6.07, 6.45) is 9.67. The van der Waals surface area contributed by atoms with E-state index >= 15 is 0 Å². The highest BCUT2D eigenvalue weighted by Gasteiger charge is 2.31. The van der Waals surface area contributed by atoms with Crippen molar-refractivity contribution >= 4 is 11.9 Å². The minimum atomic E-state index is -0.0397. The highest BCUT2D eigenvalue weighted by atomic mass is 16.5. The molecule has 0 radical (unpaired) electrons. The second-order valence-corrected chi connectivity index (χ2v) is 8.44. The first-order valence-electron chi connectivity index (χ1n) is 11.1. The van der Waals surface area contributed by atoms with Gasteiger partial charge in [-0.25, -0.2) is 0 Å². The lowest BCUT2D eigenvalue weighted by Crippen LogP contribution is -2.43. The summed E-state index contributed by atoms with van der Waals surface area (Å²) in [5.41, 5.74) is 1.67. The lowest BCUT2D eigenvalue weighted by Gasteiger charge is -2.28. The third kappa shape index (κ3) is 6.94. The third-order valence-corrected chi connectivity index (χ3v) is 6.21. The van der Waals surface area contributed by atoms with Crippen LogP contribution in [-0.2, 0) is 11.2 Å². The summed E-state index contributed by atoms with van der Waals surface area (Å²) in [6.45, 7) is 4.21. The molecule has 0 bridgehead atoms. The number of carbonyl (C=O) groups excluding carboxylic acids is 1. The zero-order valence-corrected chi connectivity index (χ0v) is 17.9. The quantitative estimate of drug-likeness (QED) is 0.417. The fourth-order valence-electron chi connectivity index (χ4n) is 4.00. The van der Waals surface area contributed by atoms with Crippen LogP contribution in [-0.4, -0.2) is 44.7 Å². The Hall–Kier alpha value is -2.24. The predicted molar refractivity (Wildman–Crippen MR) is 117 cm³/mol. The monoisotopic (exact) mass is 400 g/mol. The highest BCUT2D eigenvalue weighted by molar-refractivity contribution is 5.79. The first-order chi connectivity index (χ1) is 14.1. The van der Waals surface area contributed by atoms with Gasteiger partial charge in [0.05, 0.1) is 0 Å². The van der Waals surface area contributed by atoms with Crippen molar-refractivity contribution in [3.63, 3.8) is 0 Å². The zero-order chi connectivity index (χ0) is 20.5. The van der Waals surface area contributed by atoms with Crippen molar-refractivity contribution in [2.45, 2.75) is 64.3 Å². The van der Waals surface area contributed by atoms with Crippen LogP contribution in [0.3, 0.4) is 0 Å². The summed E-state index contributed by atoms with van der Waals surface area (Å²) in [5.74, 6) is 1.57. The van der Waals surface area contributed by atoms with E-state index in [4.69, 9.17) is 4.74 Å². The number of rotatable bonds is 10. The van der Waals surface area contributed by atoms with E-state index < -0.39 is 0 Å². The molecule has 2 fully saturated rings. The summed E-state index contributed by atoms with van der Waals surface area (Å²) in [7, 11) is 1.83. The number of benzene rings is 1. The van der Waals surface area contributed by atoms with Gasteiger partial charge in [0.2, 0.25) is 0 Å². The Morgan fingerprint density at radius 2 is 1.90 bits per heavy atom. The molecule has 0 atom stereocenters. The lowest BCUT2D eigenvalue weighted by molar-refractivity contribution is -0.123. The van der Waals surface area contributed by atoms with Crippen molar-refractivity contribution in [1.29, 1.82) is 0 Å². The second-order valence-electron chi connectivity index (χ2n) is 8.44. The summed E-state index contributed by atoms with van der Waals surface area (Å²) in [5, 5.41) is 9.87. The summed E-state index contributed by atoms with van der Waals surface area (Å²) in [6, 6.07) is 8.33. The number of amides is 1. The van der Waals surface area contributed by atoms with Crippen molar-refractivity contribution in [1.82, 2.24) is 16.0 Å². The zero-order valence-electron chi connectivity index (χ0n) is 17.9. The van der Waals surface area contributed by atoms with Gasteiger partial charge >= 0.3 is 0 Å². The molecule has 3 rings (SSSR count). The number of carbonyl (C=O) groups is 1. The molecule has 160 valence electrons. The molecule has 0 heterocycles. The largest absolute Gasteiger partial charge is 0.484 e. The van der Waals surface area contributed by atoms with Gasteiger partial charge in [-0.1, -0.05) is 31.9 Å². The minimum absolute atomic E-state index is 0.0397. The number of guanidine groups is 1. The molecule has 2 aliphatic rings. The van der Waals surface area contributed by atoms with Crippen LogP contribution in [0.2, 0.25) is 0 Å². The second kappa shape index (κ2) is 10.5. The van der Waals surface area contributed by atoms with Gasteiger partial charge in [-0.2, -0.15) is 0 Å². The smallest absolute Gasteiger partial charge is 0.258 e. The molecular formula is C23H36N4O2. The molecule has 6 nitrogen and oxygen atoms in total. The van der Waals surface area contributed by atoms with E-state index in [1.54, 1.807) is 0 Å². The topological polar surface area (TPSA) is 74.8 Å². The van der Waals surface area contributed by atoms with Crippen molar-refractivity contribution in [2.24, 2.45) is 10.4 Å². The van der Waals surface area contributed by atoms with Crippen LogP contribution in [0.1, 0.15) is 57.4 Å². The fourth-order valence-corrected chi connectivity index (χ4v) is 4.00. The molecule has 0 unspecified atom stereocenters. The summed E-state index contributed by atoms with van der Waals surface area (Å²) in [4.78, 5) is 16.0. The van der Waals surface area contributed by atoms with Crippen molar-refractivity contribution in [2.75, 3.05) is 26.7 Å². The number of aliphatic imine (C=N–C) groups is 1. The maximum Gasteiger partial charge on any atom is 0.258 e. The minimum Gasteiger partial charge on any atom is -0.484 e. The summed E-state index contributed by atoms with van der Waals surface area (Å²) < 4.78 is 5.56. The molecule has 3 N–H and O–H groups in total. The van der Waals surface area contributed by atoms with E-state index in [1.165, 1.54) is 37.7 Å². The Balaban J connectivity index is 1.34. The molecule has 0 aliphatic heterocycles. The molecule has 1 aromatic carbocycles. The Kier molecular flexibility index (Phi) is 7.78. The molecule has 2 saturated carbocycles. The van der Waals surface area contributed by atoms with Crippen LogP contribution in [0.25, 0.3) is 0 Å². The van der Waals surface area contributed by atoms with E-state index in [9.17, 15) is 4.79 Å². The van der Waals surface area contributed by atoms with Crippen LogP contribution >= 0.6 is 0 Å². The van der Waals surface area contributed by atoms with Gasteiger partial charge in [0, 0.05) is 26.2 Å². The molecule has 0 saturated heterocycles. The number of hydrogen-bond donors (Lipinski definition) is 3. The van der Waals surface area contributed by atoms with E-state index in [1.807, 2.05) is 19.2 Å². The van der Waals surface area contributed by atoms with E-state index in [0.717, 1.165) is 44.1 Å². The Morgan fingerprint density at radius 3 is 2.52 bits per heavy atom. The average molecular weight is 401 g/mol. The number of ether oxygens (including phenoxy) is 1. The van der Waals surface area contributed by atoms with Crippen molar-refractivity contribution < 1.29 is 9.53 Å². The van der Waals surface area contributed by atoms with Crippen LogP contribution in [0.15, 0.2) is 29.3 Å². The van der Waals surface area contributed by atoms with Crippen LogP contribution in [0.5, 0.6) is 5.75 Å². The first-order valence-corrected chi connectivity index (χ1v) is 11.1. The van der Waals surface area contributed by atoms with Gasteiger partial charge in [-0.05, 0) is 61.6 Å². The van der Waals surface area contributed by atoms with Gasteiger partial charge in [-0.3, -0.25) is 9.79 Å².